The number of hydrogen-bond donors (Lipinski definition) is 1. The van der Waals surface area contributed by atoms with Crippen LogP contribution in [0.2, 0.25) is 0 Å². The molecule has 1 N–H and O–H groups in total. The van der Waals surface area contributed by atoms with Gasteiger partial charge in [-0.2, -0.15) is 0 Å². The summed E-state index contributed by atoms with van der Waals surface area (Å²) in [5, 5.41) is 3.47. The first-order chi connectivity index (χ1) is 7.58. The predicted octanol–water partition coefficient (Wildman–Crippen LogP) is 3.46. The third kappa shape index (κ3) is 2.84. The Morgan fingerprint density at radius 2 is 2.00 bits per heavy atom. The van der Waals surface area contributed by atoms with E-state index in [1.165, 1.54) is 25.7 Å². The molecule has 0 amide bonds. The SMILES string of the molecule is CC1(C)CCCCC1Nc1ncc(I)cn1. The maximum Gasteiger partial charge on any atom is 0.222 e. The minimum atomic E-state index is 0.352. The minimum absolute atomic E-state index is 0.352. The van der Waals surface area contributed by atoms with Crippen LogP contribution in [0.15, 0.2) is 12.4 Å². The lowest BCUT2D eigenvalue weighted by Gasteiger charge is -2.39. The zero-order valence-corrected chi connectivity index (χ0v) is 12.0. The number of hydrogen-bond acceptors (Lipinski definition) is 3. The van der Waals surface area contributed by atoms with Crippen LogP contribution in [0.1, 0.15) is 39.5 Å². The molecular weight excluding hydrogens is 313 g/mol. The zero-order chi connectivity index (χ0) is 11.6. The van der Waals surface area contributed by atoms with Gasteiger partial charge in [0.05, 0.1) is 0 Å². The van der Waals surface area contributed by atoms with Crippen LogP contribution in [-0.2, 0) is 0 Å². The summed E-state index contributed by atoms with van der Waals surface area (Å²) in [6.07, 6.45) is 8.87. The van der Waals surface area contributed by atoms with Gasteiger partial charge in [0.15, 0.2) is 0 Å². The van der Waals surface area contributed by atoms with Gasteiger partial charge in [-0.1, -0.05) is 26.7 Å². The second kappa shape index (κ2) is 4.85. The van der Waals surface area contributed by atoms with Crippen molar-refractivity contribution in [1.82, 2.24) is 9.97 Å². The summed E-state index contributed by atoms with van der Waals surface area (Å²) in [7, 11) is 0. The number of nitrogens with zero attached hydrogens (tertiary/aromatic N) is 2. The quantitative estimate of drug-likeness (QED) is 0.844. The highest BCUT2D eigenvalue weighted by atomic mass is 127. The normalized spacial score (nSPS) is 24.1. The van der Waals surface area contributed by atoms with Crippen molar-refractivity contribution >= 4 is 28.5 Å². The van der Waals surface area contributed by atoms with E-state index in [1.54, 1.807) is 0 Å². The summed E-state index contributed by atoms with van der Waals surface area (Å²) in [4.78, 5) is 8.62. The minimum Gasteiger partial charge on any atom is -0.351 e. The average molecular weight is 331 g/mol. The maximum atomic E-state index is 4.31. The fraction of sp³-hybridized carbons (Fsp3) is 0.667. The average Bonchev–Trinajstić information content (AvgIpc) is 2.24. The monoisotopic (exact) mass is 331 g/mol. The second-order valence-corrected chi connectivity index (χ2v) is 6.40. The van der Waals surface area contributed by atoms with Crippen molar-refractivity contribution in [3.8, 4) is 0 Å². The molecular formula is C12H18IN3. The molecule has 1 aromatic rings. The molecule has 4 heteroatoms. The summed E-state index contributed by atoms with van der Waals surface area (Å²) < 4.78 is 1.08. The molecule has 0 radical (unpaired) electrons. The van der Waals surface area contributed by atoms with Crippen LogP contribution in [0.25, 0.3) is 0 Å². The highest BCUT2D eigenvalue weighted by Crippen LogP contribution is 2.36. The van der Waals surface area contributed by atoms with E-state index in [1.807, 2.05) is 12.4 Å². The number of aromatic nitrogens is 2. The summed E-state index contributed by atoms with van der Waals surface area (Å²) in [6.45, 7) is 4.66. The molecule has 0 aliphatic heterocycles. The van der Waals surface area contributed by atoms with Crippen LogP contribution in [0.3, 0.4) is 0 Å². The van der Waals surface area contributed by atoms with Gasteiger partial charge >= 0.3 is 0 Å². The molecule has 0 spiro atoms. The number of nitrogens with one attached hydrogen (secondary N) is 1. The Hall–Kier alpha value is -0.390. The van der Waals surface area contributed by atoms with E-state index >= 15 is 0 Å². The lowest BCUT2D eigenvalue weighted by molar-refractivity contribution is 0.216. The lowest BCUT2D eigenvalue weighted by Crippen LogP contribution is -2.39. The van der Waals surface area contributed by atoms with E-state index in [2.05, 4.69) is 51.7 Å². The van der Waals surface area contributed by atoms with Crippen molar-refractivity contribution in [2.75, 3.05) is 5.32 Å². The smallest absolute Gasteiger partial charge is 0.222 e. The maximum absolute atomic E-state index is 4.31. The van der Waals surface area contributed by atoms with Crippen molar-refractivity contribution in [1.29, 1.82) is 0 Å². The summed E-state index contributed by atoms with van der Waals surface area (Å²) >= 11 is 2.22. The molecule has 1 aliphatic carbocycles. The molecule has 1 fully saturated rings. The van der Waals surface area contributed by atoms with Gasteiger partial charge in [-0.25, -0.2) is 9.97 Å². The van der Waals surface area contributed by atoms with E-state index in [0.29, 0.717) is 11.5 Å². The fourth-order valence-corrected chi connectivity index (χ4v) is 2.58. The molecule has 1 unspecified atom stereocenters. The van der Waals surface area contributed by atoms with Gasteiger partial charge in [-0.15, -0.1) is 0 Å². The van der Waals surface area contributed by atoms with Crippen LogP contribution < -0.4 is 5.32 Å². The van der Waals surface area contributed by atoms with Gasteiger partial charge in [-0.05, 0) is 40.8 Å². The van der Waals surface area contributed by atoms with Crippen LogP contribution in [0.4, 0.5) is 5.95 Å². The number of halogens is 1. The third-order valence-corrected chi connectivity index (χ3v) is 3.99. The van der Waals surface area contributed by atoms with E-state index in [-0.39, 0.29) is 0 Å². The van der Waals surface area contributed by atoms with Crippen molar-refractivity contribution < 1.29 is 0 Å². The Balaban J connectivity index is 2.05. The van der Waals surface area contributed by atoms with Crippen LogP contribution >= 0.6 is 22.6 Å². The largest absolute Gasteiger partial charge is 0.351 e. The molecule has 1 heterocycles. The topological polar surface area (TPSA) is 37.8 Å². The zero-order valence-electron chi connectivity index (χ0n) is 9.83. The molecule has 1 saturated carbocycles. The molecule has 88 valence electrons. The van der Waals surface area contributed by atoms with Gasteiger partial charge in [0.1, 0.15) is 0 Å². The van der Waals surface area contributed by atoms with Crippen LogP contribution in [0.5, 0.6) is 0 Å². The molecule has 0 aromatic carbocycles. The highest BCUT2D eigenvalue weighted by Gasteiger charge is 2.32. The Labute approximate surface area is 111 Å². The first kappa shape index (κ1) is 12.1. The first-order valence-electron chi connectivity index (χ1n) is 5.82. The second-order valence-electron chi connectivity index (χ2n) is 5.16. The molecule has 2 rings (SSSR count). The van der Waals surface area contributed by atoms with Crippen molar-refractivity contribution in [3.63, 3.8) is 0 Å². The first-order valence-corrected chi connectivity index (χ1v) is 6.90. The Kier molecular flexibility index (Phi) is 3.66. The molecule has 3 nitrogen and oxygen atoms in total. The van der Waals surface area contributed by atoms with Gasteiger partial charge in [0.2, 0.25) is 5.95 Å². The highest BCUT2D eigenvalue weighted by molar-refractivity contribution is 14.1. The molecule has 1 atom stereocenters. The lowest BCUT2D eigenvalue weighted by atomic mass is 9.73. The summed E-state index contributed by atoms with van der Waals surface area (Å²) in [5.41, 5.74) is 0.352. The number of anilines is 1. The number of rotatable bonds is 2. The molecule has 1 aromatic heterocycles. The summed E-state index contributed by atoms with van der Waals surface area (Å²) in [5.74, 6) is 0.764. The predicted molar refractivity (Wildman–Crippen MR) is 74.4 cm³/mol. The Bertz CT molecular complexity index is 348. The molecule has 0 saturated heterocycles. The van der Waals surface area contributed by atoms with Crippen molar-refractivity contribution in [3.05, 3.63) is 16.0 Å². The van der Waals surface area contributed by atoms with Gasteiger partial charge < -0.3 is 5.32 Å². The van der Waals surface area contributed by atoms with Gasteiger partial charge in [-0.3, -0.25) is 0 Å². The van der Waals surface area contributed by atoms with Crippen LogP contribution in [0, 0.1) is 8.99 Å². The Morgan fingerprint density at radius 1 is 1.31 bits per heavy atom. The van der Waals surface area contributed by atoms with Gasteiger partial charge in [0, 0.05) is 22.0 Å². The van der Waals surface area contributed by atoms with Crippen molar-refractivity contribution in [2.24, 2.45) is 5.41 Å². The standard InChI is InChI=1S/C12H18IN3/c1-12(2)6-4-3-5-10(12)16-11-14-7-9(13)8-15-11/h7-8,10H,3-6H2,1-2H3,(H,14,15,16). The molecule has 0 bridgehead atoms. The van der Waals surface area contributed by atoms with Gasteiger partial charge in [0.25, 0.3) is 0 Å². The van der Waals surface area contributed by atoms with E-state index in [0.717, 1.165) is 9.52 Å². The van der Waals surface area contributed by atoms with E-state index in [4.69, 9.17) is 0 Å². The summed E-state index contributed by atoms with van der Waals surface area (Å²) in [6, 6.07) is 0.501. The molecule has 16 heavy (non-hydrogen) atoms. The Morgan fingerprint density at radius 3 is 2.62 bits per heavy atom. The van der Waals surface area contributed by atoms with Crippen molar-refractivity contribution in [2.45, 2.75) is 45.6 Å². The third-order valence-electron chi connectivity index (χ3n) is 3.43. The molecule has 1 aliphatic rings. The van der Waals surface area contributed by atoms with E-state index in [9.17, 15) is 0 Å². The fourth-order valence-electron chi connectivity index (χ4n) is 2.30. The van der Waals surface area contributed by atoms with Crippen LogP contribution in [-0.4, -0.2) is 16.0 Å². The van der Waals surface area contributed by atoms with E-state index < -0.39 is 0 Å².